The number of halogens is 4. The maximum absolute atomic E-state index is 14.8. The van der Waals surface area contributed by atoms with Gasteiger partial charge in [0.25, 0.3) is 0 Å². The van der Waals surface area contributed by atoms with Gasteiger partial charge in [0.15, 0.2) is 0 Å². The number of fused-ring (bicyclic) bond motifs is 2. The molecule has 3 atom stereocenters. The quantitative estimate of drug-likeness (QED) is 0.539. The van der Waals surface area contributed by atoms with Crippen LogP contribution in [-0.2, 0) is 11.7 Å². The number of likely N-dealkylation sites (tertiary alicyclic amines) is 1. The number of nitrogens with one attached hydrogen (secondary N) is 1. The fraction of sp³-hybridized carbons (Fsp3) is 0.409. The number of carbonyl (C=O) groups excluding carboxylic acids is 1. The number of hydrogen-bond donors (Lipinski definition) is 1. The molecule has 0 spiro atoms. The first kappa shape index (κ1) is 22.2. The number of hydrogen-bond acceptors (Lipinski definition) is 6. The number of nitrogens with zero attached hydrogens (tertiary/aromatic N) is 5. The number of aryl methyl sites for hydroxylation is 1. The normalized spacial score (nSPS) is 24.0. The van der Waals surface area contributed by atoms with Crippen molar-refractivity contribution in [3.8, 4) is 11.3 Å². The molecule has 2 fully saturated rings. The van der Waals surface area contributed by atoms with Gasteiger partial charge in [-0.25, -0.2) is 9.18 Å². The Kier molecular flexibility index (Phi) is 5.06. The van der Waals surface area contributed by atoms with Crippen molar-refractivity contribution in [3.63, 3.8) is 0 Å². The van der Waals surface area contributed by atoms with Gasteiger partial charge in [0.2, 0.25) is 11.8 Å². The smallest absolute Gasteiger partial charge is 0.417 e. The number of amides is 2. The van der Waals surface area contributed by atoms with Gasteiger partial charge >= 0.3 is 12.2 Å². The number of urea groups is 1. The Hall–Kier alpha value is -3.57. The van der Waals surface area contributed by atoms with E-state index in [-0.39, 0.29) is 11.7 Å². The number of piperidine rings is 1. The highest BCUT2D eigenvalue weighted by Gasteiger charge is 2.62. The molecule has 1 saturated heterocycles. The fourth-order valence-corrected chi connectivity index (χ4v) is 5.17. The van der Waals surface area contributed by atoms with Crippen molar-refractivity contribution in [2.45, 2.75) is 50.9 Å². The van der Waals surface area contributed by atoms with E-state index in [1.165, 1.54) is 18.3 Å². The number of carbonyl (C=O) groups is 1. The summed E-state index contributed by atoms with van der Waals surface area (Å²) >= 11 is 0. The van der Waals surface area contributed by atoms with Crippen LogP contribution in [0.2, 0.25) is 0 Å². The molecule has 0 radical (unpaired) electrons. The van der Waals surface area contributed by atoms with Crippen LogP contribution in [0.15, 0.2) is 34.9 Å². The topological polar surface area (TPSA) is 97.0 Å². The summed E-state index contributed by atoms with van der Waals surface area (Å²) in [5.41, 5.74) is -2.93. The second-order valence-corrected chi connectivity index (χ2v) is 8.85. The molecule has 5 rings (SSSR count). The molecule has 3 aromatic rings. The number of aromatic nitrogens is 4. The number of rotatable bonds is 3. The summed E-state index contributed by atoms with van der Waals surface area (Å²) in [6, 6.07) is 3.26. The number of alkyl halides is 3. The lowest BCUT2D eigenvalue weighted by Crippen LogP contribution is -2.70. The molecular formula is C22H20F4N6O2. The maximum Gasteiger partial charge on any atom is 0.417 e. The molecule has 1 saturated carbocycles. The van der Waals surface area contributed by atoms with E-state index in [0.717, 1.165) is 12.5 Å². The van der Waals surface area contributed by atoms with E-state index in [0.29, 0.717) is 36.6 Å². The van der Waals surface area contributed by atoms with Crippen molar-refractivity contribution in [1.82, 2.24) is 25.3 Å². The summed E-state index contributed by atoms with van der Waals surface area (Å²) in [5, 5.41) is 17.8. The van der Waals surface area contributed by atoms with Crippen molar-refractivity contribution in [2.24, 2.45) is 5.92 Å². The molecule has 12 heteroatoms. The zero-order valence-electron chi connectivity index (χ0n) is 18.2. The first-order valence-electron chi connectivity index (χ1n) is 10.7. The van der Waals surface area contributed by atoms with E-state index in [9.17, 15) is 22.4 Å². The molecular weight excluding hydrogens is 456 g/mol. The van der Waals surface area contributed by atoms with Crippen LogP contribution in [0.1, 0.15) is 43.5 Å². The van der Waals surface area contributed by atoms with E-state index in [1.807, 2.05) is 0 Å². The Morgan fingerprint density at radius 2 is 2.03 bits per heavy atom. The summed E-state index contributed by atoms with van der Waals surface area (Å²) in [7, 11) is 0. The number of anilines is 1. The molecule has 3 heterocycles. The minimum atomic E-state index is -4.83. The summed E-state index contributed by atoms with van der Waals surface area (Å²) in [5.74, 6) is -0.263. The van der Waals surface area contributed by atoms with E-state index in [1.54, 1.807) is 11.8 Å². The Balaban J connectivity index is 1.50. The van der Waals surface area contributed by atoms with Gasteiger partial charge in [-0.05, 0) is 43.0 Å². The zero-order chi connectivity index (χ0) is 24.3. The summed E-state index contributed by atoms with van der Waals surface area (Å²) in [6.45, 7) is 3.70. The minimum absolute atomic E-state index is 0.0993. The van der Waals surface area contributed by atoms with Crippen molar-refractivity contribution in [2.75, 3.05) is 5.32 Å². The van der Waals surface area contributed by atoms with Crippen LogP contribution in [0.4, 0.5) is 28.0 Å². The molecule has 1 N–H and O–H groups in total. The average molecular weight is 476 g/mol. The molecule has 1 aliphatic carbocycles. The lowest BCUT2D eigenvalue weighted by molar-refractivity contribution is -0.137. The van der Waals surface area contributed by atoms with Gasteiger partial charge in [0.05, 0.1) is 16.9 Å². The molecule has 2 unspecified atom stereocenters. The van der Waals surface area contributed by atoms with E-state index in [2.05, 4.69) is 32.6 Å². The van der Waals surface area contributed by atoms with Crippen LogP contribution >= 0.6 is 0 Å². The average Bonchev–Trinajstić information content (AvgIpc) is 3.21. The van der Waals surface area contributed by atoms with Gasteiger partial charge < -0.3 is 14.6 Å². The first-order valence-corrected chi connectivity index (χ1v) is 10.7. The highest BCUT2D eigenvalue weighted by Crippen LogP contribution is 2.55. The monoisotopic (exact) mass is 476 g/mol. The van der Waals surface area contributed by atoms with Gasteiger partial charge in [-0.15, -0.1) is 10.2 Å². The highest BCUT2D eigenvalue weighted by molar-refractivity contribution is 5.92. The molecule has 2 aromatic heterocycles. The van der Waals surface area contributed by atoms with Gasteiger partial charge in [0.1, 0.15) is 11.4 Å². The standard InChI is InChI=1S/C22H20F4N6O2/c1-11-6-13-10-21(9-11,19-31-29-12(2)34-19)32(13)20(33)28-18-7-14(17-4-3-5-27-30-17)15(8-16(18)23)22(24,25)26/h3-5,7-8,11,13H,6,9-10H2,1-2H3,(H,28,33)/t11-,13?,21?/m0/s1. The molecule has 8 nitrogen and oxygen atoms in total. The minimum Gasteiger partial charge on any atom is -0.423 e. The fourth-order valence-electron chi connectivity index (χ4n) is 5.17. The SMILES string of the molecule is Cc1nnc(C23CC(C[C@H](C)C2)N3C(=O)Nc2cc(-c3cccnn3)c(C(F)(F)F)cc2F)o1. The van der Waals surface area contributed by atoms with Gasteiger partial charge in [-0.2, -0.15) is 23.4 Å². The van der Waals surface area contributed by atoms with Crippen LogP contribution in [0.25, 0.3) is 11.3 Å². The summed E-state index contributed by atoms with van der Waals surface area (Å²) < 4.78 is 61.2. The third kappa shape index (κ3) is 3.57. The maximum atomic E-state index is 14.8. The largest absolute Gasteiger partial charge is 0.423 e. The van der Waals surface area contributed by atoms with Crippen LogP contribution in [0.3, 0.4) is 0 Å². The van der Waals surface area contributed by atoms with Crippen LogP contribution in [0.5, 0.6) is 0 Å². The van der Waals surface area contributed by atoms with Crippen molar-refractivity contribution in [3.05, 3.63) is 53.6 Å². The molecule has 178 valence electrons. The van der Waals surface area contributed by atoms with Gasteiger partial charge in [0, 0.05) is 31.1 Å². The predicted octanol–water partition coefficient (Wildman–Crippen LogP) is 4.92. The third-order valence-corrected chi connectivity index (χ3v) is 6.41. The van der Waals surface area contributed by atoms with Crippen molar-refractivity contribution < 1.29 is 26.8 Å². The van der Waals surface area contributed by atoms with Crippen molar-refractivity contribution in [1.29, 1.82) is 0 Å². The van der Waals surface area contributed by atoms with Crippen LogP contribution in [-0.4, -0.2) is 37.4 Å². The lowest BCUT2D eigenvalue weighted by atomic mass is 9.64. The molecule has 1 aromatic carbocycles. The Labute approximate surface area is 191 Å². The Morgan fingerprint density at radius 1 is 1.24 bits per heavy atom. The summed E-state index contributed by atoms with van der Waals surface area (Å²) in [6.07, 6.45) is -1.58. The predicted molar refractivity (Wildman–Crippen MR) is 111 cm³/mol. The second-order valence-electron chi connectivity index (χ2n) is 8.85. The van der Waals surface area contributed by atoms with Gasteiger partial charge in [-0.1, -0.05) is 6.92 Å². The summed E-state index contributed by atoms with van der Waals surface area (Å²) in [4.78, 5) is 14.8. The van der Waals surface area contributed by atoms with Crippen LogP contribution in [0, 0.1) is 18.7 Å². The van der Waals surface area contributed by atoms with E-state index in [4.69, 9.17) is 4.42 Å². The van der Waals surface area contributed by atoms with Gasteiger partial charge in [-0.3, -0.25) is 0 Å². The second kappa shape index (κ2) is 7.74. The lowest BCUT2D eigenvalue weighted by Gasteiger charge is -2.61. The van der Waals surface area contributed by atoms with Crippen molar-refractivity contribution >= 4 is 11.7 Å². The van der Waals surface area contributed by atoms with Crippen LogP contribution < -0.4 is 5.32 Å². The number of benzene rings is 1. The van der Waals surface area contributed by atoms with E-state index < -0.39 is 40.4 Å². The molecule has 2 bridgehead atoms. The Morgan fingerprint density at radius 3 is 2.68 bits per heavy atom. The third-order valence-electron chi connectivity index (χ3n) is 6.41. The Bertz CT molecular complexity index is 1250. The molecule has 1 aliphatic heterocycles. The molecule has 2 aliphatic rings. The molecule has 34 heavy (non-hydrogen) atoms. The molecule has 2 amide bonds. The first-order chi connectivity index (χ1) is 16.1. The zero-order valence-corrected chi connectivity index (χ0v) is 18.2. The van der Waals surface area contributed by atoms with E-state index >= 15 is 0 Å². The highest BCUT2D eigenvalue weighted by atomic mass is 19.4.